The van der Waals surface area contributed by atoms with E-state index in [-0.39, 0.29) is 5.57 Å². The van der Waals surface area contributed by atoms with E-state index in [1.54, 1.807) is 18.2 Å². The van der Waals surface area contributed by atoms with Gasteiger partial charge in [-0.15, -0.1) is 0 Å². The number of para-hydroxylation sites is 1. The average molecular weight is 484 g/mol. The SMILES string of the molecule is CCc1ccc(N2C(=O)NC(=O)/C(=C/c3cn(Cc4ccc(Cl)cc4)c4ccccc34)C2=O)cc1. The molecular formula is C28H22ClN3O3. The molecule has 0 spiro atoms. The number of benzene rings is 3. The lowest BCUT2D eigenvalue weighted by molar-refractivity contribution is -0.122. The lowest BCUT2D eigenvalue weighted by atomic mass is 10.1. The van der Waals surface area contributed by atoms with Crippen molar-refractivity contribution < 1.29 is 14.4 Å². The first kappa shape index (κ1) is 22.6. The van der Waals surface area contributed by atoms with Crippen LogP contribution in [0.25, 0.3) is 17.0 Å². The summed E-state index contributed by atoms with van der Waals surface area (Å²) >= 11 is 6.02. The molecule has 6 nitrogen and oxygen atoms in total. The molecule has 7 heteroatoms. The van der Waals surface area contributed by atoms with Crippen molar-refractivity contribution in [2.45, 2.75) is 19.9 Å². The maximum absolute atomic E-state index is 13.3. The number of anilines is 1. The van der Waals surface area contributed by atoms with E-state index in [0.717, 1.165) is 33.4 Å². The molecule has 0 aliphatic carbocycles. The van der Waals surface area contributed by atoms with Gasteiger partial charge >= 0.3 is 6.03 Å². The average Bonchev–Trinajstić information content (AvgIpc) is 3.20. The molecule has 0 saturated carbocycles. The van der Waals surface area contributed by atoms with Gasteiger partial charge in [0.25, 0.3) is 11.8 Å². The van der Waals surface area contributed by atoms with Gasteiger partial charge in [0.2, 0.25) is 0 Å². The van der Waals surface area contributed by atoms with E-state index >= 15 is 0 Å². The van der Waals surface area contributed by atoms with Gasteiger partial charge in [0.1, 0.15) is 5.57 Å². The summed E-state index contributed by atoms with van der Waals surface area (Å²) < 4.78 is 2.06. The van der Waals surface area contributed by atoms with Crippen LogP contribution < -0.4 is 10.2 Å². The topological polar surface area (TPSA) is 71.4 Å². The summed E-state index contributed by atoms with van der Waals surface area (Å²) in [5.41, 5.74) is 4.13. The molecule has 4 aromatic rings. The van der Waals surface area contributed by atoms with Gasteiger partial charge in [-0.3, -0.25) is 14.9 Å². The summed E-state index contributed by atoms with van der Waals surface area (Å²) in [4.78, 5) is 39.6. The standard InChI is InChI=1S/C28H22ClN3O3/c1-2-18-9-13-22(14-10-18)32-27(34)24(26(33)30-28(32)35)15-20-17-31(25-6-4-3-5-23(20)25)16-19-7-11-21(29)12-8-19/h3-15,17H,2,16H2,1H3,(H,30,33,35)/b24-15-. The predicted molar refractivity (Wildman–Crippen MR) is 137 cm³/mol. The first-order chi connectivity index (χ1) is 16.9. The van der Waals surface area contributed by atoms with Crippen LogP contribution in [0.1, 0.15) is 23.6 Å². The van der Waals surface area contributed by atoms with Crippen LogP contribution in [0.15, 0.2) is 84.6 Å². The van der Waals surface area contributed by atoms with Crippen LogP contribution >= 0.6 is 11.6 Å². The third-order valence-corrected chi connectivity index (χ3v) is 6.34. The highest BCUT2D eigenvalue weighted by molar-refractivity contribution is 6.39. The van der Waals surface area contributed by atoms with Gasteiger partial charge < -0.3 is 4.57 Å². The number of fused-ring (bicyclic) bond motifs is 1. The van der Waals surface area contributed by atoms with Crippen LogP contribution in [-0.4, -0.2) is 22.4 Å². The van der Waals surface area contributed by atoms with E-state index < -0.39 is 17.8 Å². The third kappa shape index (κ3) is 4.36. The predicted octanol–water partition coefficient (Wildman–Crippen LogP) is 5.57. The molecule has 5 rings (SSSR count). The Morgan fingerprint density at radius 1 is 0.886 bits per heavy atom. The Hall–Kier alpha value is -4.16. The number of aryl methyl sites for hydroxylation is 1. The van der Waals surface area contributed by atoms with Gasteiger partial charge in [-0.05, 0) is 54.0 Å². The van der Waals surface area contributed by atoms with Crippen LogP contribution in [0.3, 0.4) is 0 Å². The summed E-state index contributed by atoms with van der Waals surface area (Å²) in [5.74, 6) is -1.37. The Balaban J connectivity index is 1.54. The first-order valence-corrected chi connectivity index (χ1v) is 11.6. The van der Waals surface area contributed by atoms with Crippen LogP contribution in [-0.2, 0) is 22.6 Å². The van der Waals surface area contributed by atoms with E-state index in [4.69, 9.17) is 11.6 Å². The molecule has 0 atom stereocenters. The number of aromatic nitrogens is 1. The number of hydrogen-bond acceptors (Lipinski definition) is 3. The number of amides is 4. The van der Waals surface area contributed by atoms with Crippen molar-refractivity contribution in [3.8, 4) is 0 Å². The van der Waals surface area contributed by atoms with Gasteiger partial charge in [-0.2, -0.15) is 0 Å². The van der Waals surface area contributed by atoms with Gasteiger partial charge in [0.05, 0.1) is 5.69 Å². The molecule has 1 aliphatic rings. The van der Waals surface area contributed by atoms with Gasteiger partial charge in [-0.25, -0.2) is 9.69 Å². The van der Waals surface area contributed by atoms with Gasteiger partial charge in [0.15, 0.2) is 0 Å². The molecule has 1 saturated heterocycles. The molecule has 0 radical (unpaired) electrons. The molecule has 0 bridgehead atoms. The second-order valence-electron chi connectivity index (χ2n) is 8.33. The molecule has 174 valence electrons. The van der Waals surface area contributed by atoms with Crippen molar-refractivity contribution >= 4 is 52.1 Å². The van der Waals surface area contributed by atoms with Crippen LogP contribution in [0.4, 0.5) is 10.5 Å². The maximum atomic E-state index is 13.3. The number of barbiturate groups is 1. The number of rotatable bonds is 5. The zero-order valence-electron chi connectivity index (χ0n) is 19.0. The summed E-state index contributed by atoms with van der Waals surface area (Å²) in [6, 6.07) is 21.8. The van der Waals surface area contributed by atoms with E-state index in [1.807, 2.05) is 73.8 Å². The Labute approximate surface area is 207 Å². The Bertz CT molecular complexity index is 1480. The van der Waals surface area contributed by atoms with Crippen LogP contribution in [0.5, 0.6) is 0 Å². The molecule has 1 aromatic heterocycles. The minimum atomic E-state index is -0.758. The summed E-state index contributed by atoms with van der Waals surface area (Å²) in [7, 11) is 0. The van der Waals surface area contributed by atoms with Crippen molar-refractivity contribution in [3.63, 3.8) is 0 Å². The zero-order chi connectivity index (χ0) is 24.5. The lowest BCUT2D eigenvalue weighted by Gasteiger charge is -2.26. The van der Waals surface area contributed by atoms with Crippen LogP contribution in [0.2, 0.25) is 5.02 Å². The van der Waals surface area contributed by atoms with E-state index in [9.17, 15) is 14.4 Å². The number of halogens is 1. The van der Waals surface area contributed by atoms with E-state index in [1.165, 1.54) is 0 Å². The number of carbonyl (C=O) groups is 3. The fourth-order valence-electron chi connectivity index (χ4n) is 4.24. The number of urea groups is 1. The van der Waals surface area contributed by atoms with Crippen molar-refractivity contribution in [1.82, 2.24) is 9.88 Å². The zero-order valence-corrected chi connectivity index (χ0v) is 19.8. The number of hydrogen-bond donors (Lipinski definition) is 1. The number of carbonyl (C=O) groups excluding carboxylic acids is 3. The second-order valence-corrected chi connectivity index (χ2v) is 8.77. The van der Waals surface area contributed by atoms with E-state index in [0.29, 0.717) is 22.8 Å². The van der Waals surface area contributed by atoms with Crippen molar-refractivity contribution in [3.05, 3.63) is 106 Å². The van der Waals surface area contributed by atoms with Crippen molar-refractivity contribution in [2.75, 3.05) is 4.90 Å². The van der Waals surface area contributed by atoms with E-state index in [2.05, 4.69) is 9.88 Å². The van der Waals surface area contributed by atoms with Crippen molar-refractivity contribution in [1.29, 1.82) is 0 Å². The highest BCUT2D eigenvalue weighted by atomic mass is 35.5. The molecular weight excluding hydrogens is 462 g/mol. The number of nitrogens with zero attached hydrogens (tertiary/aromatic N) is 2. The molecule has 2 heterocycles. The highest BCUT2D eigenvalue weighted by Crippen LogP contribution is 2.27. The van der Waals surface area contributed by atoms with Crippen LogP contribution in [0, 0.1) is 0 Å². The smallest absolute Gasteiger partial charge is 0.335 e. The Kier molecular flexibility index (Phi) is 5.97. The minimum Gasteiger partial charge on any atom is -0.342 e. The highest BCUT2D eigenvalue weighted by Gasteiger charge is 2.37. The first-order valence-electron chi connectivity index (χ1n) is 11.3. The number of nitrogens with one attached hydrogen (secondary N) is 1. The third-order valence-electron chi connectivity index (χ3n) is 6.09. The van der Waals surface area contributed by atoms with Gasteiger partial charge in [-0.1, -0.05) is 61.0 Å². The molecule has 3 aromatic carbocycles. The largest absolute Gasteiger partial charge is 0.342 e. The molecule has 1 aliphatic heterocycles. The molecule has 35 heavy (non-hydrogen) atoms. The Morgan fingerprint density at radius 2 is 1.57 bits per heavy atom. The van der Waals surface area contributed by atoms with Crippen molar-refractivity contribution in [2.24, 2.45) is 0 Å². The maximum Gasteiger partial charge on any atom is 0.335 e. The quantitative estimate of drug-likeness (QED) is 0.298. The monoisotopic (exact) mass is 483 g/mol. The molecule has 0 unspecified atom stereocenters. The summed E-state index contributed by atoms with van der Waals surface area (Å²) in [6.45, 7) is 2.62. The van der Waals surface area contributed by atoms with Gasteiger partial charge in [0, 0.05) is 34.2 Å². The Morgan fingerprint density at radius 3 is 2.29 bits per heavy atom. The fourth-order valence-corrected chi connectivity index (χ4v) is 4.36. The minimum absolute atomic E-state index is 0.0986. The second kappa shape index (κ2) is 9.24. The number of imide groups is 2. The fraction of sp³-hybridized carbons (Fsp3) is 0.107. The molecule has 4 amide bonds. The molecule has 1 fully saturated rings. The normalized spacial score (nSPS) is 15.2. The summed E-state index contributed by atoms with van der Waals surface area (Å²) in [5, 5.41) is 3.86. The lowest BCUT2D eigenvalue weighted by Crippen LogP contribution is -2.54. The summed E-state index contributed by atoms with van der Waals surface area (Å²) in [6.07, 6.45) is 4.30. The molecule has 1 N–H and O–H groups in total.